The van der Waals surface area contributed by atoms with Crippen molar-refractivity contribution >= 4 is 11.6 Å². The number of nitrogens with one attached hydrogen (secondary N) is 1. The first-order valence-electron chi connectivity index (χ1n) is 7.22. The topological polar surface area (TPSA) is 68.2 Å². The van der Waals surface area contributed by atoms with E-state index in [1.54, 1.807) is 12.5 Å². The summed E-state index contributed by atoms with van der Waals surface area (Å²) >= 11 is 0. The van der Waals surface area contributed by atoms with Gasteiger partial charge in [-0.25, -0.2) is 9.98 Å². The molecule has 3 N–H and O–H groups in total. The average Bonchev–Trinajstić information content (AvgIpc) is 2.90. The van der Waals surface area contributed by atoms with Gasteiger partial charge in [0.15, 0.2) is 5.96 Å². The Bertz CT molecular complexity index is 597. The first-order valence-corrected chi connectivity index (χ1v) is 7.22. The molecule has 2 aromatic rings. The fourth-order valence-electron chi connectivity index (χ4n) is 2.02. The van der Waals surface area contributed by atoms with Gasteiger partial charge in [0.2, 0.25) is 0 Å². The van der Waals surface area contributed by atoms with Crippen molar-refractivity contribution in [2.75, 3.05) is 5.32 Å². The van der Waals surface area contributed by atoms with Crippen molar-refractivity contribution in [2.45, 2.75) is 32.7 Å². The van der Waals surface area contributed by atoms with E-state index in [1.165, 1.54) is 5.56 Å². The van der Waals surface area contributed by atoms with Gasteiger partial charge in [0.1, 0.15) is 0 Å². The molecule has 5 nitrogen and oxygen atoms in total. The fourth-order valence-corrected chi connectivity index (χ4v) is 2.02. The van der Waals surface area contributed by atoms with Gasteiger partial charge in [0, 0.05) is 12.7 Å². The molecule has 1 heterocycles. The van der Waals surface area contributed by atoms with Gasteiger partial charge in [-0.3, -0.25) is 0 Å². The lowest BCUT2D eigenvalue weighted by Gasteiger charge is -2.10. The van der Waals surface area contributed by atoms with Crippen LogP contribution in [0.1, 0.15) is 37.4 Å². The SMILES string of the molecule is CCC(C)c1ccc(NC(N)=NCc2cncn2C)cc1. The summed E-state index contributed by atoms with van der Waals surface area (Å²) in [5.41, 5.74) is 9.22. The third kappa shape index (κ3) is 4.08. The summed E-state index contributed by atoms with van der Waals surface area (Å²) in [6, 6.07) is 8.33. The fraction of sp³-hybridized carbons (Fsp3) is 0.375. The van der Waals surface area contributed by atoms with Gasteiger partial charge < -0.3 is 15.6 Å². The Morgan fingerprint density at radius 1 is 1.38 bits per heavy atom. The zero-order chi connectivity index (χ0) is 15.2. The molecule has 1 unspecified atom stereocenters. The number of benzene rings is 1. The van der Waals surface area contributed by atoms with Crippen LogP contribution in [0.2, 0.25) is 0 Å². The molecule has 0 saturated carbocycles. The molecule has 21 heavy (non-hydrogen) atoms. The van der Waals surface area contributed by atoms with E-state index >= 15 is 0 Å². The number of aromatic nitrogens is 2. The molecular formula is C16H23N5. The summed E-state index contributed by atoms with van der Waals surface area (Å²) < 4.78 is 1.93. The first kappa shape index (κ1) is 15.1. The monoisotopic (exact) mass is 285 g/mol. The summed E-state index contributed by atoms with van der Waals surface area (Å²) in [6.45, 7) is 4.94. The lowest BCUT2D eigenvalue weighted by atomic mass is 9.99. The maximum atomic E-state index is 5.91. The van der Waals surface area contributed by atoms with Crippen LogP contribution in [0.15, 0.2) is 41.8 Å². The van der Waals surface area contributed by atoms with Crippen LogP contribution >= 0.6 is 0 Å². The molecule has 0 aliphatic heterocycles. The van der Waals surface area contributed by atoms with E-state index in [4.69, 9.17) is 5.73 Å². The van der Waals surface area contributed by atoms with Crippen molar-refractivity contribution in [3.63, 3.8) is 0 Å². The van der Waals surface area contributed by atoms with E-state index in [9.17, 15) is 0 Å². The maximum absolute atomic E-state index is 5.91. The highest BCUT2D eigenvalue weighted by molar-refractivity contribution is 5.92. The summed E-state index contributed by atoms with van der Waals surface area (Å²) in [4.78, 5) is 8.37. The van der Waals surface area contributed by atoms with Crippen LogP contribution < -0.4 is 11.1 Å². The lowest BCUT2D eigenvalue weighted by molar-refractivity contribution is 0.734. The second kappa shape index (κ2) is 6.92. The number of imidazole rings is 1. The third-order valence-corrected chi connectivity index (χ3v) is 3.69. The van der Waals surface area contributed by atoms with Crippen molar-refractivity contribution in [1.82, 2.24) is 9.55 Å². The lowest BCUT2D eigenvalue weighted by Crippen LogP contribution is -2.22. The van der Waals surface area contributed by atoms with Crippen molar-refractivity contribution in [1.29, 1.82) is 0 Å². The van der Waals surface area contributed by atoms with Gasteiger partial charge in [-0.05, 0) is 30.0 Å². The van der Waals surface area contributed by atoms with Gasteiger partial charge >= 0.3 is 0 Å². The Balaban J connectivity index is 1.96. The molecule has 0 amide bonds. The van der Waals surface area contributed by atoms with Gasteiger partial charge in [-0.1, -0.05) is 26.0 Å². The largest absolute Gasteiger partial charge is 0.370 e. The standard InChI is InChI=1S/C16H23N5/c1-4-12(2)13-5-7-14(8-6-13)20-16(17)19-10-15-9-18-11-21(15)3/h5-9,11-12H,4,10H2,1-3H3,(H3,17,19,20). The Hall–Kier alpha value is -2.30. The quantitative estimate of drug-likeness (QED) is 0.655. The Kier molecular flexibility index (Phi) is 4.98. The van der Waals surface area contributed by atoms with Crippen molar-refractivity contribution in [3.05, 3.63) is 48.0 Å². The number of guanidine groups is 1. The molecule has 0 saturated heterocycles. The van der Waals surface area contributed by atoms with Gasteiger partial charge in [-0.2, -0.15) is 0 Å². The average molecular weight is 285 g/mol. The maximum Gasteiger partial charge on any atom is 0.193 e. The summed E-state index contributed by atoms with van der Waals surface area (Å²) in [7, 11) is 1.94. The summed E-state index contributed by atoms with van der Waals surface area (Å²) in [5.74, 6) is 0.988. The van der Waals surface area contributed by atoms with Crippen molar-refractivity contribution < 1.29 is 0 Å². The first-order chi connectivity index (χ1) is 10.1. The molecule has 0 fully saturated rings. The molecule has 0 bridgehead atoms. The number of anilines is 1. The van der Waals surface area contributed by atoms with Crippen LogP contribution in [-0.4, -0.2) is 15.5 Å². The van der Waals surface area contributed by atoms with Crippen molar-refractivity contribution in [3.8, 4) is 0 Å². The minimum absolute atomic E-state index is 0.410. The van der Waals surface area contributed by atoms with E-state index in [-0.39, 0.29) is 0 Å². The van der Waals surface area contributed by atoms with E-state index in [1.807, 2.05) is 23.7 Å². The molecule has 0 aliphatic carbocycles. The number of hydrogen-bond acceptors (Lipinski definition) is 2. The molecule has 0 radical (unpaired) electrons. The summed E-state index contributed by atoms with van der Waals surface area (Å²) in [5, 5.41) is 3.11. The molecule has 5 heteroatoms. The highest BCUT2D eigenvalue weighted by Crippen LogP contribution is 2.20. The predicted molar refractivity (Wildman–Crippen MR) is 87.3 cm³/mol. The Morgan fingerprint density at radius 2 is 2.10 bits per heavy atom. The molecular weight excluding hydrogens is 262 g/mol. The molecule has 1 aromatic heterocycles. The van der Waals surface area contributed by atoms with E-state index in [2.05, 4.69) is 41.3 Å². The van der Waals surface area contributed by atoms with Gasteiger partial charge in [0.25, 0.3) is 0 Å². The van der Waals surface area contributed by atoms with Crippen LogP contribution in [0, 0.1) is 0 Å². The van der Waals surface area contributed by atoms with Gasteiger partial charge in [0.05, 0.1) is 24.8 Å². The number of aliphatic imine (C=N–C) groups is 1. The van der Waals surface area contributed by atoms with Crippen LogP contribution in [0.3, 0.4) is 0 Å². The van der Waals surface area contributed by atoms with E-state index in [0.29, 0.717) is 18.4 Å². The Labute approximate surface area is 125 Å². The number of hydrogen-bond donors (Lipinski definition) is 2. The van der Waals surface area contributed by atoms with Crippen LogP contribution in [-0.2, 0) is 13.6 Å². The van der Waals surface area contributed by atoms with Gasteiger partial charge in [-0.15, -0.1) is 0 Å². The second-order valence-electron chi connectivity index (χ2n) is 5.25. The Morgan fingerprint density at radius 3 is 2.67 bits per heavy atom. The minimum Gasteiger partial charge on any atom is -0.370 e. The molecule has 0 aliphatic rings. The summed E-state index contributed by atoms with van der Waals surface area (Å²) in [6.07, 6.45) is 4.68. The zero-order valence-corrected chi connectivity index (χ0v) is 12.9. The highest BCUT2D eigenvalue weighted by Gasteiger charge is 2.03. The molecule has 112 valence electrons. The second-order valence-corrected chi connectivity index (χ2v) is 5.25. The molecule has 1 aromatic carbocycles. The normalized spacial score (nSPS) is 13.2. The molecule has 2 rings (SSSR count). The third-order valence-electron chi connectivity index (χ3n) is 3.69. The van der Waals surface area contributed by atoms with E-state index < -0.39 is 0 Å². The van der Waals surface area contributed by atoms with Crippen LogP contribution in [0.4, 0.5) is 5.69 Å². The van der Waals surface area contributed by atoms with Crippen molar-refractivity contribution in [2.24, 2.45) is 17.8 Å². The highest BCUT2D eigenvalue weighted by atomic mass is 15.1. The molecule has 1 atom stereocenters. The van der Waals surface area contributed by atoms with Crippen LogP contribution in [0.25, 0.3) is 0 Å². The number of rotatable bonds is 5. The van der Waals surface area contributed by atoms with Crippen LogP contribution in [0.5, 0.6) is 0 Å². The smallest absolute Gasteiger partial charge is 0.193 e. The number of nitrogens with zero attached hydrogens (tertiary/aromatic N) is 3. The predicted octanol–water partition coefficient (Wildman–Crippen LogP) is 2.86. The minimum atomic E-state index is 0.410. The number of nitrogens with two attached hydrogens (primary N) is 1. The number of aryl methyl sites for hydroxylation is 1. The zero-order valence-electron chi connectivity index (χ0n) is 12.9. The van der Waals surface area contributed by atoms with E-state index in [0.717, 1.165) is 17.8 Å². The molecule has 0 spiro atoms.